The van der Waals surface area contributed by atoms with E-state index in [4.69, 9.17) is 0 Å². The average Bonchev–Trinajstić information content (AvgIpc) is 2.00. The summed E-state index contributed by atoms with van der Waals surface area (Å²) in [5.74, 6) is 0. The van der Waals surface area contributed by atoms with Gasteiger partial charge in [-0.15, -0.1) is 0 Å². The Morgan fingerprint density at radius 3 is 2.50 bits per heavy atom. The van der Waals surface area contributed by atoms with E-state index < -0.39 is 0 Å². The molecule has 2 nitrogen and oxygen atoms in total. The average molecular weight is 356 g/mol. The highest BCUT2D eigenvalue weighted by molar-refractivity contribution is 9.13. The Morgan fingerprint density at radius 2 is 1.92 bits per heavy atom. The summed E-state index contributed by atoms with van der Waals surface area (Å²) in [6.45, 7) is 0. The maximum Gasteiger partial charge on any atom is 0.240 e. The molecule has 62 valence electrons. The van der Waals surface area contributed by atoms with Gasteiger partial charge < -0.3 is 0 Å². The molecule has 0 saturated heterocycles. The molecule has 12 heavy (non-hydrogen) atoms. The highest BCUT2D eigenvalue weighted by atomic mass is 79.9. The molecule has 0 N–H and O–H groups in total. The highest BCUT2D eigenvalue weighted by Gasteiger charge is 2.04. The minimum absolute atomic E-state index is 0.547. The van der Waals surface area contributed by atoms with Crippen LogP contribution in [0.3, 0.4) is 0 Å². The minimum Gasteiger partial charge on any atom is -0.211 e. The number of benzene rings is 1. The topological polar surface area (TPSA) is 29.4 Å². The van der Waals surface area contributed by atoms with Crippen molar-refractivity contribution >= 4 is 59.6 Å². The number of rotatable bonds is 1. The molecular weight excluding hydrogens is 354 g/mol. The molecule has 0 heterocycles. The van der Waals surface area contributed by atoms with Crippen molar-refractivity contribution in [2.45, 2.75) is 0 Å². The number of hydrogen-bond acceptors (Lipinski definition) is 2. The first kappa shape index (κ1) is 10.1. The molecule has 0 bridgehead atoms. The first-order valence-electron chi connectivity index (χ1n) is 2.87. The van der Waals surface area contributed by atoms with Crippen molar-refractivity contribution in [3.63, 3.8) is 0 Å². The summed E-state index contributed by atoms with van der Waals surface area (Å²) >= 11 is 9.85. The zero-order valence-corrected chi connectivity index (χ0v) is 10.4. The molecule has 1 rings (SSSR count). The zero-order valence-electron chi connectivity index (χ0n) is 5.64. The lowest BCUT2D eigenvalue weighted by atomic mass is 10.3. The first-order valence-corrected chi connectivity index (χ1v) is 5.25. The summed E-state index contributed by atoms with van der Waals surface area (Å²) in [4.78, 5) is 13.5. The van der Waals surface area contributed by atoms with Crippen molar-refractivity contribution in [3.8, 4) is 0 Å². The molecule has 0 aromatic heterocycles. The molecule has 0 atom stereocenters. The van der Waals surface area contributed by atoms with E-state index in [9.17, 15) is 4.79 Å². The van der Waals surface area contributed by atoms with Gasteiger partial charge in [-0.1, -0.05) is 15.9 Å². The van der Waals surface area contributed by atoms with Gasteiger partial charge >= 0.3 is 0 Å². The number of aliphatic imine (C=N–C) groups is 1. The summed E-state index contributed by atoms with van der Waals surface area (Å²) in [5, 5.41) is 0. The summed E-state index contributed by atoms with van der Waals surface area (Å²) in [6, 6.07) is 3.58. The summed E-state index contributed by atoms with van der Waals surface area (Å²) in [6.07, 6.45) is 1.48. The van der Waals surface area contributed by atoms with E-state index >= 15 is 0 Å². The zero-order chi connectivity index (χ0) is 9.14. The molecule has 0 saturated carbocycles. The second-order valence-corrected chi connectivity index (χ2v) is 4.49. The van der Waals surface area contributed by atoms with Crippen LogP contribution >= 0.6 is 47.8 Å². The first-order chi connectivity index (χ1) is 5.65. The van der Waals surface area contributed by atoms with E-state index in [1.54, 1.807) is 6.07 Å². The molecule has 1 aromatic carbocycles. The van der Waals surface area contributed by atoms with E-state index in [-0.39, 0.29) is 0 Å². The molecule has 0 aliphatic heterocycles. The van der Waals surface area contributed by atoms with Crippen molar-refractivity contribution in [3.05, 3.63) is 25.6 Å². The van der Waals surface area contributed by atoms with Crippen LogP contribution in [0.1, 0.15) is 0 Å². The van der Waals surface area contributed by atoms with Crippen molar-refractivity contribution in [1.82, 2.24) is 0 Å². The Kier molecular flexibility index (Phi) is 3.65. The molecule has 0 fully saturated rings. The fraction of sp³-hybridized carbons (Fsp3) is 0. The van der Waals surface area contributed by atoms with Gasteiger partial charge in [0.25, 0.3) is 0 Å². The van der Waals surface area contributed by atoms with E-state index in [1.165, 1.54) is 6.08 Å². The Morgan fingerprint density at radius 1 is 1.25 bits per heavy atom. The molecule has 5 heteroatoms. The van der Waals surface area contributed by atoms with Crippen LogP contribution in [0.4, 0.5) is 5.69 Å². The molecule has 0 aliphatic rings. The lowest BCUT2D eigenvalue weighted by molar-refractivity contribution is 0.565. The fourth-order valence-corrected chi connectivity index (χ4v) is 2.19. The Hall–Kier alpha value is 0.0400. The fourth-order valence-electron chi connectivity index (χ4n) is 0.673. The van der Waals surface area contributed by atoms with Gasteiger partial charge in [-0.2, -0.15) is 4.99 Å². The third kappa shape index (κ3) is 2.26. The van der Waals surface area contributed by atoms with Crippen molar-refractivity contribution < 1.29 is 4.79 Å². The SMILES string of the molecule is O=C=Nc1cc(Br)cc(Br)c1Br. The standard InChI is InChI=1S/C7H2Br3NO/c8-4-1-5(9)7(10)6(2-4)11-3-12/h1-2H. The Bertz CT molecular complexity index is 358. The van der Waals surface area contributed by atoms with Crippen molar-refractivity contribution in [2.75, 3.05) is 0 Å². The third-order valence-electron chi connectivity index (χ3n) is 1.14. The predicted octanol–water partition coefficient (Wildman–Crippen LogP) is 3.94. The Balaban J connectivity index is 3.36. The van der Waals surface area contributed by atoms with Crippen LogP contribution in [0, 0.1) is 0 Å². The van der Waals surface area contributed by atoms with Crippen molar-refractivity contribution in [2.24, 2.45) is 4.99 Å². The summed E-state index contributed by atoms with van der Waals surface area (Å²) in [5.41, 5.74) is 0.547. The van der Waals surface area contributed by atoms with Crippen LogP contribution in [-0.4, -0.2) is 6.08 Å². The maximum atomic E-state index is 10.0. The summed E-state index contributed by atoms with van der Waals surface area (Å²) < 4.78 is 2.44. The molecule has 0 radical (unpaired) electrons. The largest absolute Gasteiger partial charge is 0.240 e. The Labute approximate surface area is 94.5 Å². The number of halogens is 3. The molecule has 1 aromatic rings. The number of hydrogen-bond donors (Lipinski definition) is 0. The molecule has 0 spiro atoms. The lowest BCUT2D eigenvalue weighted by Gasteiger charge is -1.99. The van der Waals surface area contributed by atoms with Gasteiger partial charge in [-0.3, -0.25) is 0 Å². The van der Waals surface area contributed by atoms with Gasteiger partial charge in [0, 0.05) is 8.95 Å². The van der Waals surface area contributed by atoms with Crippen LogP contribution < -0.4 is 0 Å². The summed E-state index contributed by atoms with van der Waals surface area (Å²) in [7, 11) is 0. The third-order valence-corrected chi connectivity index (χ3v) is 3.59. The minimum atomic E-state index is 0.547. The van der Waals surface area contributed by atoms with Gasteiger partial charge in [-0.05, 0) is 44.0 Å². The normalized spacial score (nSPS) is 9.25. The second-order valence-electron chi connectivity index (χ2n) is 1.92. The van der Waals surface area contributed by atoms with Crippen LogP contribution in [-0.2, 0) is 4.79 Å². The van der Waals surface area contributed by atoms with Gasteiger partial charge in [0.15, 0.2) is 0 Å². The lowest BCUT2D eigenvalue weighted by Crippen LogP contribution is -1.73. The number of nitrogens with zero attached hydrogens (tertiary/aromatic N) is 1. The highest BCUT2D eigenvalue weighted by Crippen LogP contribution is 2.35. The van der Waals surface area contributed by atoms with Gasteiger partial charge in [0.2, 0.25) is 6.08 Å². The van der Waals surface area contributed by atoms with Crippen LogP contribution in [0.25, 0.3) is 0 Å². The molecule has 0 unspecified atom stereocenters. The molecular formula is C7H2Br3NO. The molecule has 0 amide bonds. The van der Waals surface area contributed by atoms with E-state index in [0.29, 0.717) is 5.69 Å². The quantitative estimate of drug-likeness (QED) is 0.426. The second kappa shape index (κ2) is 4.33. The maximum absolute atomic E-state index is 10.0. The van der Waals surface area contributed by atoms with Gasteiger partial charge in [-0.25, -0.2) is 4.79 Å². The van der Waals surface area contributed by atoms with Crippen LogP contribution in [0.15, 0.2) is 30.5 Å². The number of carbonyl (C=O) groups excluding carboxylic acids is 1. The van der Waals surface area contributed by atoms with Crippen LogP contribution in [0.2, 0.25) is 0 Å². The van der Waals surface area contributed by atoms with E-state index in [1.807, 2.05) is 6.07 Å². The monoisotopic (exact) mass is 353 g/mol. The predicted molar refractivity (Wildman–Crippen MR) is 57.3 cm³/mol. The van der Waals surface area contributed by atoms with E-state index in [0.717, 1.165) is 13.4 Å². The smallest absolute Gasteiger partial charge is 0.211 e. The van der Waals surface area contributed by atoms with Crippen molar-refractivity contribution in [1.29, 1.82) is 0 Å². The van der Waals surface area contributed by atoms with Crippen LogP contribution in [0.5, 0.6) is 0 Å². The van der Waals surface area contributed by atoms with Gasteiger partial charge in [0.1, 0.15) is 0 Å². The van der Waals surface area contributed by atoms with E-state index in [2.05, 4.69) is 52.8 Å². The molecule has 0 aliphatic carbocycles. The number of isocyanates is 1. The van der Waals surface area contributed by atoms with Gasteiger partial charge in [0.05, 0.1) is 10.2 Å².